The summed E-state index contributed by atoms with van der Waals surface area (Å²) < 4.78 is 45.1. The van der Waals surface area contributed by atoms with Crippen molar-refractivity contribution in [2.24, 2.45) is 0 Å². The number of allylic oxidation sites excluding steroid dienone is 5. The number of halogens is 1. The molecule has 0 spiro atoms. The molecule has 0 amide bonds. The lowest BCUT2D eigenvalue weighted by molar-refractivity contribution is -2.00. The molecule has 0 aliphatic heterocycles. The topological polar surface area (TPSA) is 124 Å². The number of anilines is 1. The maximum Gasteiger partial charge on any atom is 0.199 e. The zero-order valence-corrected chi connectivity index (χ0v) is 20.1. The van der Waals surface area contributed by atoms with Gasteiger partial charge in [0, 0.05) is 37.5 Å². The first-order chi connectivity index (χ1) is 15.5. The highest BCUT2D eigenvalue weighted by Gasteiger charge is 2.17. The fourth-order valence-electron chi connectivity index (χ4n) is 3.34. The van der Waals surface area contributed by atoms with Gasteiger partial charge >= 0.3 is 0 Å². The van der Waals surface area contributed by atoms with Gasteiger partial charge in [0.2, 0.25) is 0 Å². The standard InChI is InChI=1S/C23H23N4S.ClHO4/c1-26(2)18-12-8-16(9-13-18)22(17-10-14-19(15-11-17)27(3)4)20-6-5-7-21-23(20)25-28-24-21;2-1(3,4)5/h5-15H,1-4H3;(H,2,3,4,5)/q+1;/p-1. The largest absolute Gasteiger partial charge is 0.378 e. The molecule has 0 radical (unpaired) electrons. The van der Waals surface area contributed by atoms with Gasteiger partial charge < -0.3 is 4.90 Å². The average molecular weight is 487 g/mol. The Balaban J connectivity index is 0.000000555. The predicted octanol–water partition coefficient (Wildman–Crippen LogP) is -0.358. The molecule has 0 N–H and O–H groups in total. The van der Waals surface area contributed by atoms with E-state index in [4.69, 9.17) is 18.6 Å². The van der Waals surface area contributed by atoms with E-state index in [0.717, 1.165) is 16.6 Å². The van der Waals surface area contributed by atoms with Crippen molar-refractivity contribution < 1.29 is 33.5 Å². The van der Waals surface area contributed by atoms with Gasteiger partial charge in [-0.05, 0) is 47.1 Å². The Morgan fingerprint density at radius 1 is 0.879 bits per heavy atom. The van der Waals surface area contributed by atoms with E-state index in [1.807, 2.05) is 6.07 Å². The molecule has 0 saturated heterocycles. The zero-order chi connectivity index (χ0) is 24.2. The monoisotopic (exact) mass is 486 g/mol. The fraction of sp³-hybridized carbons (Fsp3) is 0.174. The Morgan fingerprint density at radius 3 is 2.03 bits per heavy atom. The average Bonchev–Trinajstić information content (AvgIpc) is 3.23. The summed E-state index contributed by atoms with van der Waals surface area (Å²) in [6.45, 7) is 0. The number of rotatable bonds is 3. The lowest BCUT2D eigenvalue weighted by Gasteiger charge is -2.17. The van der Waals surface area contributed by atoms with Crippen molar-refractivity contribution in [3.63, 3.8) is 0 Å². The Kier molecular flexibility index (Phi) is 7.75. The van der Waals surface area contributed by atoms with E-state index >= 15 is 0 Å². The highest BCUT2D eigenvalue weighted by atomic mass is 35.7. The molecule has 2 aromatic carbocycles. The number of benzene rings is 2. The van der Waals surface area contributed by atoms with Crippen LogP contribution in [-0.2, 0) is 0 Å². The molecular weight excluding hydrogens is 464 g/mol. The number of nitrogens with zero attached hydrogens (tertiary/aromatic N) is 4. The van der Waals surface area contributed by atoms with E-state index in [-0.39, 0.29) is 0 Å². The van der Waals surface area contributed by atoms with Crippen LogP contribution >= 0.6 is 11.7 Å². The van der Waals surface area contributed by atoms with Crippen LogP contribution in [0.3, 0.4) is 0 Å². The summed E-state index contributed by atoms with van der Waals surface area (Å²) in [4.78, 5) is 2.11. The number of hydrogen-bond acceptors (Lipinski definition) is 8. The normalized spacial score (nSPS) is 13.1. The van der Waals surface area contributed by atoms with Gasteiger partial charge in [-0.3, -0.25) is 0 Å². The molecule has 1 aliphatic rings. The molecule has 1 heterocycles. The van der Waals surface area contributed by atoms with Crippen molar-refractivity contribution in [1.29, 1.82) is 0 Å². The first kappa shape index (κ1) is 24.7. The van der Waals surface area contributed by atoms with Crippen molar-refractivity contribution >= 4 is 39.7 Å². The van der Waals surface area contributed by atoms with Gasteiger partial charge in [-0.15, -0.1) is 10.2 Å². The predicted molar refractivity (Wildman–Crippen MR) is 120 cm³/mol. The molecule has 0 bridgehead atoms. The third-order valence-corrected chi connectivity index (χ3v) is 5.44. The summed E-state index contributed by atoms with van der Waals surface area (Å²) >= 11 is 1.26. The van der Waals surface area contributed by atoms with Crippen LogP contribution in [0.25, 0.3) is 16.6 Å². The lowest BCUT2D eigenvalue weighted by atomic mass is 9.90. The smallest absolute Gasteiger partial charge is 0.199 e. The van der Waals surface area contributed by atoms with E-state index in [1.54, 1.807) is 0 Å². The molecule has 4 rings (SSSR count). The number of hydrogen-bond donors (Lipinski definition) is 0. The van der Waals surface area contributed by atoms with Crippen LogP contribution in [0.15, 0.2) is 72.3 Å². The van der Waals surface area contributed by atoms with Crippen molar-refractivity contribution in [3.05, 3.63) is 83.5 Å². The molecule has 33 heavy (non-hydrogen) atoms. The molecule has 0 atom stereocenters. The van der Waals surface area contributed by atoms with Gasteiger partial charge in [0.25, 0.3) is 0 Å². The van der Waals surface area contributed by atoms with E-state index < -0.39 is 10.2 Å². The molecule has 3 aromatic rings. The maximum absolute atomic E-state index is 8.49. The summed E-state index contributed by atoms with van der Waals surface area (Å²) in [6.07, 6.45) is 8.68. The third-order valence-electron chi connectivity index (χ3n) is 4.90. The summed E-state index contributed by atoms with van der Waals surface area (Å²) in [5.41, 5.74) is 8.88. The first-order valence-corrected chi connectivity index (χ1v) is 11.8. The van der Waals surface area contributed by atoms with Crippen molar-refractivity contribution in [2.45, 2.75) is 0 Å². The van der Waals surface area contributed by atoms with Crippen LogP contribution in [0, 0.1) is 10.2 Å². The summed E-state index contributed by atoms with van der Waals surface area (Å²) in [5.74, 6) is 0. The number of aromatic nitrogens is 2. The Bertz CT molecular complexity index is 1230. The van der Waals surface area contributed by atoms with Gasteiger partial charge in [0.15, 0.2) is 5.71 Å². The van der Waals surface area contributed by atoms with Crippen LogP contribution in [-0.4, -0.2) is 47.2 Å². The Hall–Kier alpha value is -2.92. The fourth-order valence-corrected chi connectivity index (χ4v) is 3.89. The van der Waals surface area contributed by atoms with Gasteiger partial charge in [-0.1, -0.05) is 24.3 Å². The zero-order valence-electron chi connectivity index (χ0n) is 18.6. The summed E-state index contributed by atoms with van der Waals surface area (Å²) in [5, 5.41) is 0. The van der Waals surface area contributed by atoms with Gasteiger partial charge in [0.05, 0.1) is 11.7 Å². The Morgan fingerprint density at radius 2 is 1.48 bits per heavy atom. The highest BCUT2D eigenvalue weighted by Crippen LogP contribution is 2.34. The van der Waals surface area contributed by atoms with E-state index in [0.29, 0.717) is 0 Å². The quantitative estimate of drug-likeness (QED) is 0.463. The molecule has 10 heteroatoms. The molecule has 1 aliphatic carbocycles. The van der Waals surface area contributed by atoms with Crippen LogP contribution in [0.1, 0.15) is 11.1 Å². The minimum absolute atomic E-state index is 0.940. The van der Waals surface area contributed by atoms with Crippen LogP contribution in [0.4, 0.5) is 5.69 Å². The van der Waals surface area contributed by atoms with Gasteiger partial charge in [-0.2, -0.15) is 8.75 Å². The summed E-state index contributed by atoms with van der Waals surface area (Å²) in [6, 6.07) is 14.9. The molecular formula is C23H23ClN4O4S. The lowest BCUT2D eigenvalue weighted by Crippen LogP contribution is -2.68. The Labute approximate surface area is 198 Å². The second-order valence-electron chi connectivity index (χ2n) is 7.57. The summed E-state index contributed by atoms with van der Waals surface area (Å²) in [7, 11) is 3.28. The number of fused-ring (bicyclic) bond motifs is 1. The third kappa shape index (κ3) is 6.55. The maximum atomic E-state index is 8.49. The molecule has 1 aromatic heterocycles. The van der Waals surface area contributed by atoms with Crippen LogP contribution in [0.5, 0.6) is 0 Å². The van der Waals surface area contributed by atoms with E-state index in [2.05, 4.69) is 107 Å². The molecule has 0 saturated carbocycles. The van der Waals surface area contributed by atoms with Crippen LogP contribution in [0.2, 0.25) is 0 Å². The van der Waals surface area contributed by atoms with Gasteiger partial charge in [-0.25, -0.2) is 23.2 Å². The minimum Gasteiger partial charge on any atom is -0.378 e. The SMILES string of the molecule is CN(C)c1ccc(C(=C2C=CC(=[N+](C)C)C=C2)c2cccc3nsnc23)cc1.[O-][Cl+3]([O-])([O-])[O-]. The highest BCUT2D eigenvalue weighted by molar-refractivity contribution is 7.00. The molecule has 172 valence electrons. The second kappa shape index (κ2) is 10.3. The van der Waals surface area contributed by atoms with Crippen molar-refractivity contribution in [1.82, 2.24) is 8.75 Å². The van der Waals surface area contributed by atoms with E-state index in [9.17, 15) is 0 Å². The first-order valence-electron chi connectivity index (χ1n) is 9.80. The molecule has 8 nitrogen and oxygen atoms in total. The van der Waals surface area contributed by atoms with Crippen molar-refractivity contribution in [2.75, 3.05) is 33.1 Å². The van der Waals surface area contributed by atoms with E-state index in [1.165, 1.54) is 39.8 Å². The van der Waals surface area contributed by atoms with Crippen LogP contribution < -0.4 is 23.5 Å². The minimum atomic E-state index is -4.94. The molecule has 0 fully saturated rings. The van der Waals surface area contributed by atoms with Crippen molar-refractivity contribution in [3.8, 4) is 0 Å². The van der Waals surface area contributed by atoms with Gasteiger partial charge in [0.1, 0.15) is 25.1 Å². The second-order valence-corrected chi connectivity index (χ2v) is 8.86. The molecule has 0 unspecified atom stereocenters.